The SMILES string of the molecule is CC1CCC(C(=O)NC2CC2N)CC1. The summed E-state index contributed by atoms with van der Waals surface area (Å²) in [6.07, 6.45) is 5.50. The number of nitrogens with one attached hydrogen (secondary N) is 1. The number of carbonyl (C=O) groups is 1. The van der Waals surface area contributed by atoms with E-state index >= 15 is 0 Å². The normalized spacial score (nSPS) is 41.9. The maximum Gasteiger partial charge on any atom is 0.223 e. The number of carbonyl (C=O) groups excluding carboxylic acids is 1. The largest absolute Gasteiger partial charge is 0.352 e. The molecule has 3 heteroatoms. The summed E-state index contributed by atoms with van der Waals surface area (Å²) in [4.78, 5) is 11.7. The zero-order chi connectivity index (χ0) is 10.1. The minimum atomic E-state index is 0.224. The zero-order valence-electron chi connectivity index (χ0n) is 8.83. The van der Waals surface area contributed by atoms with Crippen LogP contribution in [0, 0.1) is 11.8 Å². The van der Waals surface area contributed by atoms with Gasteiger partial charge in [0.15, 0.2) is 0 Å². The van der Waals surface area contributed by atoms with E-state index in [9.17, 15) is 4.79 Å². The molecule has 2 fully saturated rings. The van der Waals surface area contributed by atoms with Crippen molar-refractivity contribution in [3.63, 3.8) is 0 Å². The van der Waals surface area contributed by atoms with Crippen LogP contribution in [0.4, 0.5) is 0 Å². The monoisotopic (exact) mass is 196 g/mol. The van der Waals surface area contributed by atoms with Gasteiger partial charge in [0.1, 0.15) is 0 Å². The summed E-state index contributed by atoms with van der Waals surface area (Å²) in [6, 6.07) is 0.503. The number of nitrogens with two attached hydrogens (primary N) is 1. The van der Waals surface area contributed by atoms with E-state index in [-0.39, 0.29) is 23.9 Å². The summed E-state index contributed by atoms with van der Waals surface area (Å²) >= 11 is 0. The molecule has 14 heavy (non-hydrogen) atoms. The van der Waals surface area contributed by atoms with Crippen LogP contribution in [-0.2, 0) is 4.79 Å². The molecule has 80 valence electrons. The highest BCUT2D eigenvalue weighted by Crippen LogP contribution is 2.29. The number of rotatable bonds is 2. The van der Waals surface area contributed by atoms with Crippen molar-refractivity contribution in [2.75, 3.05) is 0 Å². The quantitative estimate of drug-likeness (QED) is 0.693. The Kier molecular flexibility index (Phi) is 2.77. The third kappa shape index (κ3) is 2.27. The Morgan fingerprint density at radius 2 is 1.86 bits per heavy atom. The highest BCUT2D eigenvalue weighted by molar-refractivity contribution is 5.79. The Bertz CT molecular complexity index is 221. The second-order valence-corrected chi connectivity index (χ2v) is 4.97. The fourth-order valence-corrected chi connectivity index (χ4v) is 2.20. The number of hydrogen-bond acceptors (Lipinski definition) is 2. The molecular weight excluding hydrogens is 176 g/mol. The summed E-state index contributed by atoms with van der Waals surface area (Å²) in [5.74, 6) is 1.32. The van der Waals surface area contributed by atoms with Gasteiger partial charge in [-0.25, -0.2) is 0 Å². The lowest BCUT2D eigenvalue weighted by molar-refractivity contribution is -0.126. The Balaban J connectivity index is 1.74. The lowest BCUT2D eigenvalue weighted by Gasteiger charge is -2.25. The first kappa shape index (κ1) is 9.97. The van der Waals surface area contributed by atoms with E-state index in [1.165, 1.54) is 12.8 Å². The van der Waals surface area contributed by atoms with Crippen molar-refractivity contribution in [2.45, 2.75) is 51.1 Å². The van der Waals surface area contributed by atoms with Gasteiger partial charge >= 0.3 is 0 Å². The Morgan fingerprint density at radius 3 is 2.36 bits per heavy atom. The van der Waals surface area contributed by atoms with E-state index in [0.717, 1.165) is 25.2 Å². The smallest absolute Gasteiger partial charge is 0.223 e. The molecule has 2 unspecified atom stereocenters. The van der Waals surface area contributed by atoms with Gasteiger partial charge in [-0.15, -0.1) is 0 Å². The predicted octanol–water partition coefficient (Wildman–Crippen LogP) is 1.03. The lowest BCUT2D eigenvalue weighted by atomic mass is 9.82. The van der Waals surface area contributed by atoms with Crippen molar-refractivity contribution in [1.29, 1.82) is 0 Å². The number of hydrogen-bond donors (Lipinski definition) is 2. The van der Waals surface area contributed by atoms with Gasteiger partial charge in [-0.05, 0) is 38.0 Å². The molecule has 2 aliphatic carbocycles. The van der Waals surface area contributed by atoms with Crippen LogP contribution in [0.1, 0.15) is 39.0 Å². The molecule has 2 aliphatic rings. The average molecular weight is 196 g/mol. The second-order valence-electron chi connectivity index (χ2n) is 4.97. The second kappa shape index (κ2) is 3.89. The summed E-state index contributed by atoms with van der Waals surface area (Å²) in [5, 5.41) is 3.02. The van der Waals surface area contributed by atoms with E-state index < -0.39 is 0 Å². The summed E-state index contributed by atoms with van der Waals surface area (Å²) in [7, 11) is 0. The maximum atomic E-state index is 11.7. The van der Waals surface area contributed by atoms with Crippen LogP contribution in [0.2, 0.25) is 0 Å². The molecule has 0 aromatic heterocycles. The molecule has 0 aliphatic heterocycles. The highest BCUT2D eigenvalue weighted by Gasteiger charge is 2.36. The molecule has 2 atom stereocenters. The van der Waals surface area contributed by atoms with Crippen molar-refractivity contribution in [1.82, 2.24) is 5.32 Å². The minimum absolute atomic E-state index is 0.224. The molecule has 0 aromatic carbocycles. The van der Waals surface area contributed by atoms with Crippen LogP contribution < -0.4 is 11.1 Å². The molecule has 0 heterocycles. The van der Waals surface area contributed by atoms with Gasteiger partial charge in [0.05, 0.1) is 0 Å². The van der Waals surface area contributed by atoms with E-state index in [0.29, 0.717) is 0 Å². The maximum absolute atomic E-state index is 11.7. The average Bonchev–Trinajstić information content (AvgIpc) is 2.82. The molecule has 0 spiro atoms. The van der Waals surface area contributed by atoms with Crippen molar-refractivity contribution < 1.29 is 4.79 Å². The van der Waals surface area contributed by atoms with E-state index in [4.69, 9.17) is 5.73 Å². The standard InChI is InChI=1S/C11H20N2O/c1-7-2-4-8(5-3-7)11(14)13-10-6-9(10)12/h7-10H,2-6,12H2,1H3,(H,13,14). The van der Waals surface area contributed by atoms with Gasteiger partial charge in [0, 0.05) is 18.0 Å². The van der Waals surface area contributed by atoms with Crippen LogP contribution in [0.25, 0.3) is 0 Å². The Morgan fingerprint density at radius 1 is 1.29 bits per heavy atom. The van der Waals surface area contributed by atoms with Crippen molar-refractivity contribution in [3.05, 3.63) is 0 Å². The van der Waals surface area contributed by atoms with Crippen LogP contribution in [0.3, 0.4) is 0 Å². The molecule has 0 saturated heterocycles. The molecule has 0 bridgehead atoms. The Hall–Kier alpha value is -0.570. The van der Waals surface area contributed by atoms with Gasteiger partial charge in [-0.1, -0.05) is 6.92 Å². The van der Waals surface area contributed by atoms with Crippen LogP contribution in [0.5, 0.6) is 0 Å². The zero-order valence-corrected chi connectivity index (χ0v) is 8.83. The van der Waals surface area contributed by atoms with E-state index in [1.807, 2.05) is 0 Å². The molecule has 0 radical (unpaired) electrons. The fraction of sp³-hybridized carbons (Fsp3) is 0.909. The van der Waals surface area contributed by atoms with Crippen molar-refractivity contribution in [2.24, 2.45) is 17.6 Å². The van der Waals surface area contributed by atoms with Crippen LogP contribution in [0.15, 0.2) is 0 Å². The first-order valence-corrected chi connectivity index (χ1v) is 5.72. The summed E-state index contributed by atoms with van der Waals surface area (Å²) < 4.78 is 0. The number of amides is 1. The third-order valence-corrected chi connectivity index (χ3v) is 3.55. The summed E-state index contributed by atoms with van der Waals surface area (Å²) in [5.41, 5.74) is 5.65. The van der Waals surface area contributed by atoms with Gasteiger partial charge in [-0.2, -0.15) is 0 Å². The van der Waals surface area contributed by atoms with Crippen LogP contribution >= 0.6 is 0 Å². The molecule has 2 rings (SSSR count). The van der Waals surface area contributed by atoms with Crippen molar-refractivity contribution in [3.8, 4) is 0 Å². The van der Waals surface area contributed by atoms with Gasteiger partial charge in [0.25, 0.3) is 0 Å². The Labute approximate surface area is 85.4 Å². The molecule has 1 amide bonds. The van der Waals surface area contributed by atoms with Gasteiger partial charge in [0.2, 0.25) is 5.91 Å². The molecule has 0 aromatic rings. The molecular formula is C11H20N2O. The topological polar surface area (TPSA) is 55.1 Å². The third-order valence-electron chi connectivity index (χ3n) is 3.55. The van der Waals surface area contributed by atoms with Gasteiger partial charge in [-0.3, -0.25) is 4.79 Å². The molecule has 2 saturated carbocycles. The van der Waals surface area contributed by atoms with E-state index in [1.54, 1.807) is 0 Å². The highest BCUT2D eigenvalue weighted by atomic mass is 16.2. The molecule has 3 N–H and O–H groups in total. The molecule has 3 nitrogen and oxygen atoms in total. The van der Waals surface area contributed by atoms with Crippen LogP contribution in [-0.4, -0.2) is 18.0 Å². The first-order valence-electron chi connectivity index (χ1n) is 5.72. The van der Waals surface area contributed by atoms with Crippen molar-refractivity contribution >= 4 is 5.91 Å². The lowest BCUT2D eigenvalue weighted by Crippen LogP contribution is -2.36. The summed E-state index contributed by atoms with van der Waals surface area (Å²) in [6.45, 7) is 2.27. The first-order chi connectivity index (χ1) is 6.66. The minimum Gasteiger partial charge on any atom is -0.352 e. The van der Waals surface area contributed by atoms with Gasteiger partial charge < -0.3 is 11.1 Å². The fourth-order valence-electron chi connectivity index (χ4n) is 2.20. The predicted molar refractivity (Wildman–Crippen MR) is 55.6 cm³/mol. The van der Waals surface area contributed by atoms with E-state index in [2.05, 4.69) is 12.2 Å².